The lowest BCUT2D eigenvalue weighted by Crippen LogP contribution is -2.41. The van der Waals surface area contributed by atoms with Crippen LogP contribution in [0.15, 0.2) is 22.7 Å². The Kier molecular flexibility index (Phi) is 5.52. The summed E-state index contributed by atoms with van der Waals surface area (Å²) in [4.78, 5) is 22.9. The van der Waals surface area contributed by atoms with Gasteiger partial charge in [0.15, 0.2) is 0 Å². The summed E-state index contributed by atoms with van der Waals surface area (Å²) in [7, 11) is 1.55. The smallest absolute Gasteiger partial charge is 0.337 e. The van der Waals surface area contributed by atoms with E-state index in [1.807, 2.05) is 13.8 Å². The normalized spacial score (nSPS) is 11.0. The third-order valence-corrected chi connectivity index (χ3v) is 3.37. The number of amides is 2. The number of anilines is 1. The van der Waals surface area contributed by atoms with Crippen molar-refractivity contribution in [3.05, 3.63) is 28.2 Å². The van der Waals surface area contributed by atoms with Crippen molar-refractivity contribution in [2.75, 3.05) is 19.0 Å². The number of carbonyl (C=O) groups excluding carboxylic acids is 1. The monoisotopic (exact) mass is 344 g/mol. The van der Waals surface area contributed by atoms with Crippen molar-refractivity contribution in [3.8, 4) is 0 Å². The summed E-state index contributed by atoms with van der Waals surface area (Å²) in [5.41, 5.74) is -0.269. The van der Waals surface area contributed by atoms with E-state index < -0.39 is 17.6 Å². The molecule has 20 heavy (non-hydrogen) atoms. The zero-order valence-electron chi connectivity index (χ0n) is 11.5. The molecule has 0 aliphatic rings. The molecule has 1 rings (SSSR count). The van der Waals surface area contributed by atoms with Gasteiger partial charge >= 0.3 is 12.0 Å². The highest BCUT2D eigenvalue weighted by atomic mass is 79.9. The van der Waals surface area contributed by atoms with Crippen LogP contribution in [0, 0.1) is 0 Å². The third kappa shape index (κ3) is 4.50. The van der Waals surface area contributed by atoms with Crippen molar-refractivity contribution in [1.29, 1.82) is 0 Å². The number of nitrogens with one attached hydrogen (secondary N) is 2. The Bertz CT molecular complexity index is 517. The zero-order chi connectivity index (χ0) is 15.3. The topological polar surface area (TPSA) is 87.7 Å². The molecule has 1 aromatic rings. The lowest BCUT2D eigenvalue weighted by Gasteiger charge is -2.23. The highest BCUT2D eigenvalue weighted by Crippen LogP contribution is 2.26. The Morgan fingerprint density at radius 1 is 1.40 bits per heavy atom. The number of carbonyl (C=O) groups is 2. The van der Waals surface area contributed by atoms with Crippen LogP contribution in [-0.4, -0.2) is 36.4 Å². The molecule has 7 heteroatoms. The Hall–Kier alpha value is -1.60. The highest BCUT2D eigenvalue weighted by Gasteiger charge is 2.19. The minimum atomic E-state index is -1.11. The molecule has 6 nitrogen and oxygen atoms in total. The molecule has 0 bridgehead atoms. The average molecular weight is 345 g/mol. The van der Waals surface area contributed by atoms with Gasteiger partial charge in [0.1, 0.15) is 0 Å². The predicted octanol–water partition coefficient (Wildman–Crippen LogP) is 2.69. The number of rotatable bonds is 5. The van der Waals surface area contributed by atoms with Crippen molar-refractivity contribution in [2.24, 2.45) is 0 Å². The SMILES string of the molecule is COC(C)(C)CNC(=O)Nc1c(Br)cccc1C(=O)O. The molecule has 0 saturated carbocycles. The summed E-state index contributed by atoms with van der Waals surface area (Å²) in [6.07, 6.45) is 0. The number of halogens is 1. The van der Waals surface area contributed by atoms with Gasteiger partial charge in [0.25, 0.3) is 0 Å². The number of methoxy groups -OCH3 is 1. The summed E-state index contributed by atoms with van der Waals surface area (Å²) in [6.45, 7) is 3.95. The molecule has 0 spiro atoms. The van der Waals surface area contributed by atoms with Gasteiger partial charge in [-0.1, -0.05) is 6.07 Å². The fourth-order valence-electron chi connectivity index (χ4n) is 1.35. The summed E-state index contributed by atoms with van der Waals surface area (Å²) in [5.74, 6) is -1.11. The Balaban J connectivity index is 2.79. The van der Waals surface area contributed by atoms with E-state index in [1.165, 1.54) is 6.07 Å². The minimum Gasteiger partial charge on any atom is -0.478 e. The molecule has 1 aromatic carbocycles. The van der Waals surface area contributed by atoms with Crippen molar-refractivity contribution >= 4 is 33.6 Å². The molecule has 0 saturated heterocycles. The second-order valence-corrected chi connectivity index (χ2v) is 5.59. The molecule has 0 heterocycles. The first kappa shape index (κ1) is 16.5. The van der Waals surface area contributed by atoms with Crippen molar-refractivity contribution < 1.29 is 19.4 Å². The number of benzene rings is 1. The van der Waals surface area contributed by atoms with E-state index in [0.29, 0.717) is 11.0 Å². The van der Waals surface area contributed by atoms with Crippen molar-refractivity contribution in [1.82, 2.24) is 5.32 Å². The van der Waals surface area contributed by atoms with E-state index in [4.69, 9.17) is 9.84 Å². The van der Waals surface area contributed by atoms with Crippen LogP contribution in [-0.2, 0) is 4.74 Å². The lowest BCUT2D eigenvalue weighted by atomic mass is 10.1. The van der Waals surface area contributed by atoms with Crippen LogP contribution < -0.4 is 10.6 Å². The van der Waals surface area contributed by atoms with E-state index in [0.717, 1.165) is 0 Å². The number of ether oxygens (including phenoxy) is 1. The maximum atomic E-state index is 11.8. The third-order valence-electron chi connectivity index (χ3n) is 2.71. The average Bonchev–Trinajstić information content (AvgIpc) is 2.38. The van der Waals surface area contributed by atoms with Gasteiger partial charge < -0.3 is 20.5 Å². The van der Waals surface area contributed by atoms with Gasteiger partial charge in [-0.05, 0) is 41.9 Å². The molecule has 110 valence electrons. The first-order valence-electron chi connectivity index (χ1n) is 5.88. The van der Waals surface area contributed by atoms with Crippen LogP contribution in [0.4, 0.5) is 10.5 Å². The van der Waals surface area contributed by atoms with Gasteiger partial charge in [0.2, 0.25) is 0 Å². The van der Waals surface area contributed by atoms with Gasteiger partial charge in [0.05, 0.1) is 16.9 Å². The molecule has 0 radical (unpaired) electrons. The largest absolute Gasteiger partial charge is 0.478 e. The first-order valence-corrected chi connectivity index (χ1v) is 6.68. The number of carboxylic acids is 1. The van der Waals surface area contributed by atoms with E-state index >= 15 is 0 Å². The molecule has 0 unspecified atom stereocenters. The van der Waals surface area contributed by atoms with Crippen LogP contribution in [0.2, 0.25) is 0 Å². The van der Waals surface area contributed by atoms with E-state index in [2.05, 4.69) is 26.6 Å². The van der Waals surface area contributed by atoms with Crippen molar-refractivity contribution in [2.45, 2.75) is 19.4 Å². The summed E-state index contributed by atoms with van der Waals surface area (Å²) in [5, 5.41) is 14.2. The van der Waals surface area contributed by atoms with Crippen LogP contribution in [0.5, 0.6) is 0 Å². The first-order chi connectivity index (χ1) is 9.26. The molecule has 0 atom stereocenters. The second-order valence-electron chi connectivity index (χ2n) is 4.74. The number of hydrogen-bond acceptors (Lipinski definition) is 3. The van der Waals surface area contributed by atoms with Gasteiger partial charge in [-0.3, -0.25) is 0 Å². The quantitative estimate of drug-likeness (QED) is 0.766. The molecular weight excluding hydrogens is 328 g/mol. The standard InChI is InChI=1S/C13H17BrN2O4/c1-13(2,20-3)7-15-12(19)16-10-8(11(17)18)5-4-6-9(10)14/h4-6H,7H2,1-3H3,(H,17,18)(H2,15,16,19). The van der Waals surface area contributed by atoms with E-state index in [-0.39, 0.29) is 11.3 Å². The van der Waals surface area contributed by atoms with Crippen LogP contribution in [0.1, 0.15) is 24.2 Å². The summed E-state index contributed by atoms with van der Waals surface area (Å²) >= 11 is 3.22. The van der Waals surface area contributed by atoms with Gasteiger partial charge in [-0.15, -0.1) is 0 Å². The molecule has 0 aliphatic heterocycles. The molecule has 2 amide bonds. The molecule has 3 N–H and O–H groups in total. The Morgan fingerprint density at radius 2 is 2.05 bits per heavy atom. The van der Waals surface area contributed by atoms with Gasteiger partial charge in [0, 0.05) is 18.1 Å². The molecular formula is C13H17BrN2O4. The van der Waals surface area contributed by atoms with Crippen LogP contribution in [0.3, 0.4) is 0 Å². The Morgan fingerprint density at radius 3 is 2.60 bits per heavy atom. The van der Waals surface area contributed by atoms with Crippen LogP contribution in [0.25, 0.3) is 0 Å². The molecule has 0 aromatic heterocycles. The Labute approximate surface area is 125 Å². The predicted molar refractivity (Wildman–Crippen MR) is 79.2 cm³/mol. The molecule has 0 fully saturated rings. The number of hydrogen-bond donors (Lipinski definition) is 3. The fourth-order valence-corrected chi connectivity index (χ4v) is 1.82. The van der Waals surface area contributed by atoms with Crippen molar-refractivity contribution in [3.63, 3.8) is 0 Å². The lowest BCUT2D eigenvalue weighted by molar-refractivity contribution is 0.0257. The van der Waals surface area contributed by atoms with Crippen LogP contribution >= 0.6 is 15.9 Å². The maximum absolute atomic E-state index is 11.8. The molecule has 0 aliphatic carbocycles. The zero-order valence-corrected chi connectivity index (χ0v) is 13.1. The minimum absolute atomic E-state index is 0.0144. The van der Waals surface area contributed by atoms with E-state index in [1.54, 1.807) is 19.2 Å². The second kappa shape index (κ2) is 6.71. The number of urea groups is 1. The number of aromatic carboxylic acids is 1. The fraction of sp³-hybridized carbons (Fsp3) is 0.385. The van der Waals surface area contributed by atoms with Gasteiger partial charge in [-0.25, -0.2) is 9.59 Å². The summed E-state index contributed by atoms with van der Waals surface area (Å²) in [6, 6.07) is 4.16. The van der Waals surface area contributed by atoms with E-state index in [9.17, 15) is 9.59 Å². The summed E-state index contributed by atoms with van der Waals surface area (Å²) < 4.78 is 5.68. The maximum Gasteiger partial charge on any atom is 0.337 e. The van der Waals surface area contributed by atoms with Gasteiger partial charge in [-0.2, -0.15) is 0 Å². The number of para-hydroxylation sites is 1. The number of carboxylic acid groups (broad SMARTS) is 1. The highest BCUT2D eigenvalue weighted by molar-refractivity contribution is 9.10.